The first-order chi connectivity index (χ1) is 6.42. The van der Waals surface area contributed by atoms with Gasteiger partial charge in [-0.3, -0.25) is 4.98 Å². The molecule has 0 saturated carbocycles. The Kier molecular flexibility index (Phi) is 1.97. The molecule has 0 saturated heterocycles. The summed E-state index contributed by atoms with van der Waals surface area (Å²) in [7, 11) is 0. The van der Waals surface area contributed by atoms with Gasteiger partial charge < -0.3 is 0 Å². The van der Waals surface area contributed by atoms with Crippen LogP contribution in [0.15, 0.2) is 36.5 Å². The Morgan fingerprint density at radius 3 is 2.92 bits per heavy atom. The Labute approximate surface area is 77.4 Å². The second-order valence-electron chi connectivity index (χ2n) is 2.83. The Hall–Kier alpha value is -1.81. The van der Waals surface area contributed by atoms with Gasteiger partial charge in [-0.2, -0.15) is 0 Å². The van der Waals surface area contributed by atoms with Crippen molar-refractivity contribution >= 4 is 10.8 Å². The molecule has 0 aliphatic heterocycles. The van der Waals surface area contributed by atoms with Crippen LogP contribution in [0.4, 0.5) is 0 Å². The largest absolute Gasteiger partial charge is 0.260 e. The lowest BCUT2D eigenvalue weighted by atomic mass is 10.1. The van der Waals surface area contributed by atoms with Crippen molar-refractivity contribution in [3.63, 3.8) is 0 Å². The number of pyridine rings is 1. The van der Waals surface area contributed by atoms with E-state index in [1.807, 2.05) is 30.3 Å². The fourth-order valence-electron chi connectivity index (χ4n) is 1.41. The van der Waals surface area contributed by atoms with Crippen molar-refractivity contribution in [1.82, 2.24) is 4.98 Å². The van der Waals surface area contributed by atoms with Crippen LogP contribution < -0.4 is 0 Å². The fourth-order valence-corrected chi connectivity index (χ4v) is 1.41. The molecule has 0 bridgehead atoms. The first-order valence-electron chi connectivity index (χ1n) is 4.14. The number of benzene rings is 1. The maximum absolute atomic E-state index is 6.93. The number of rotatable bonds is 1. The van der Waals surface area contributed by atoms with Gasteiger partial charge in [-0.25, -0.2) is 0 Å². The first kappa shape index (κ1) is 7.82. The van der Waals surface area contributed by atoms with E-state index in [4.69, 9.17) is 6.42 Å². The highest BCUT2D eigenvalue weighted by atomic mass is 14.7. The molecule has 0 unspecified atom stereocenters. The van der Waals surface area contributed by atoms with Crippen LogP contribution in [0.1, 0.15) is 5.69 Å². The minimum Gasteiger partial charge on any atom is -0.260 e. The molecule has 0 aliphatic rings. The minimum absolute atomic E-state index is 0.487. The summed E-state index contributed by atoms with van der Waals surface area (Å²) in [6.45, 7) is 0. The Morgan fingerprint density at radius 2 is 2.08 bits per heavy atom. The molecule has 1 nitrogen and oxygen atoms in total. The van der Waals surface area contributed by atoms with Gasteiger partial charge in [0, 0.05) is 11.6 Å². The molecule has 1 heteroatoms. The van der Waals surface area contributed by atoms with Crippen molar-refractivity contribution in [2.45, 2.75) is 6.42 Å². The summed E-state index contributed by atoms with van der Waals surface area (Å²) in [5.41, 5.74) is 0.924. The van der Waals surface area contributed by atoms with Crippen molar-refractivity contribution in [2.75, 3.05) is 0 Å². The summed E-state index contributed by atoms with van der Waals surface area (Å²) in [4.78, 5) is 4.21. The zero-order valence-electron chi connectivity index (χ0n) is 7.12. The van der Waals surface area contributed by atoms with Gasteiger partial charge in [0.2, 0.25) is 0 Å². The third-order valence-electron chi connectivity index (χ3n) is 2.01. The topological polar surface area (TPSA) is 12.9 Å². The Balaban J connectivity index is 2.70. The van der Waals surface area contributed by atoms with Crippen LogP contribution in [0.25, 0.3) is 10.8 Å². The van der Waals surface area contributed by atoms with Crippen LogP contribution in [0.5, 0.6) is 0 Å². The lowest BCUT2D eigenvalue weighted by molar-refractivity contribution is 1.16. The zero-order valence-corrected chi connectivity index (χ0v) is 7.12. The van der Waals surface area contributed by atoms with Crippen LogP contribution in [0.2, 0.25) is 0 Å². The minimum atomic E-state index is 0.487. The maximum atomic E-state index is 6.93. The number of aromatic nitrogens is 1. The second kappa shape index (κ2) is 3.28. The van der Waals surface area contributed by atoms with Gasteiger partial charge in [0.15, 0.2) is 0 Å². The highest BCUT2D eigenvalue weighted by Gasteiger charge is 1.98. The molecular formula is C12H8N. The average molecular weight is 166 g/mol. The molecule has 0 atom stereocenters. The van der Waals surface area contributed by atoms with E-state index >= 15 is 0 Å². The molecule has 61 valence electrons. The van der Waals surface area contributed by atoms with Gasteiger partial charge in [-0.15, -0.1) is 0 Å². The van der Waals surface area contributed by atoms with Crippen LogP contribution in [-0.2, 0) is 6.42 Å². The van der Waals surface area contributed by atoms with Crippen LogP contribution >= 0.6 is 0 Å². The van der Waals surface area contributed by atoms with Crippen molar-refractivity contribution in [1.29, 1.82) is 0 Å². The van der Waals surface area contributed by atoms with E-state index < -0.39 is 0 Å². The second-order valence-corrected chi connectivity index (χ2v) is 2.83. The molecule has 1 heterocycles. The van der Waals surface area contributed by atoms with Gasteiger partial charge in [0.05, 0.1) is 12.1 Å². The molecule has 2 rings (SSSR count). The van der Waals surface area contributed by atoms with Gasteiger partial charge in [0.25, 0.3) is 0 Å². The van der Waals surface area contributed by atoms with Crippen LogP contribution in [-0.4, -0.2) is 4.98 Å². The van der Waals surface area contributed by atoms with E-state index in [0.29, 0.717) is 6.42 Å². The smallest absolute Gasteiger partial charge is 0.0601 e. The highest BCUT2D eigenvalue weighted by molar-refractivity contribution is 5.84. The molecule has 0 fully saturated rings. The quantitative estimate of drug-likeness (QED) is 0.593. The first-order valence-corrected chi connectivity index (χ1v) is 4.14. The summed E-state index contributed by atoms with van der Waals surface area (Å²) >= 11 is 0. The summed E-state index contributed by atoms with van der Waals surface area (Å²) in [6, 6.07) is 10.0. The van der Waals surface area contributed by atoms with Crippen LogP contribution in [0, 0.1) is 12.3 Å². The van der Waals surface area contributed by atoms with Crippen LogP contribution in [0.3, 0.4) is 0 Å². The molecule has 1 aromatic heterocycles. The third-order valence-corrected chi connectivity index (χ3v) is 2.01. The lowest BCUT2D eigenvalue weighted by Crippen LogP contribution is -1.88. The maximum Gasteiger partial charge on any atom is 0.0601 e. The summed E-state index contributed by atoms with van der Waals surface area (Å²) in [6.07, 6.45) is 9.19. The van der Waals surface area contributed by atoms with E-state index in [-0.39, 0.29) is 0 Å². The monoisotopic (exact) mass is 166 g/mol. The molecule has 0 spiro atoms. The van der Waals surface area contributed by atoms with Crippen molar-refractivity contribution in [3.05, 3.63) is 48.6 Å². The number of fused-ring (bicyclic) bond motifs is 1. The highest BCUT2D eigenvalue weighted by Crippen LogP contribution is 2.15. The standard InChI is InChI=1S/C12H8N/c1-2-5-12-11-7-4-3-6-10(11)8-9-13-12/h3-4,6-9H,5H2. The number of hydrogen-bond donors (Lipinski definition) is 0. The predicted molar refractivity (Wildman–Crippen MR) is 52.6 cm³/mol. The van der Waals surface area contributed by atoms with Gasteiger partial charge in [-0.05, 0) is 17.9 Å². The molecular weight excluding hydrogens is 158 g/mol. The van der Waals surface area contributed by atoms with Crippen molar-refractivity contribution < 1.29 is 0 Å². The molecule has 0 N–H and O–H groups in total. The van der Waals surface area contributed by atoms with Crippen molar-refractivity contribution in [2.24, 2.45) is 0 Å². The van der Waals surface area contributed by atoms with E-state index in [1.54, 1.807) is 6.20 Å². The number of hydrogen-bond acceptors (Lipinski definition) is 1. The average Bonchev–Trinajstić information content (AvgIpc) is 2.19. The molecule has 0 aliphatic carbocycles. The van der Waals surface area contributed by atoms with Gasteiger partial charge in [-0.1, -0.05) is 30.2 Å². The molecule has 1 aromatic carbocycles. The summed E-state index contributed by atoms with van der Waals surface area (Å²) in [5, 5.41) is 2.28. The molecule has 13 heavy (non-hydrogen) atoms. The zero-order chi connectivity index (χ0) is 9.10. The SMILES string of the molecule is [C]#CCc1nccc2ccccc12. The molecule has 0 amide bonds. The Bertz CT molecular complexity index is 461. The Morgan fingerprint density at radius 1 is 1.23 bits per heavy atom. The molecule has 1 radical (unpaired) electrons. The van der Waals surface area contributed by atoms with E-state index in [1.165, 1.54) is 5.39 Å². The summed E-state index contributed by atoms with van der Waals surface area (Å²) in [5.74, 6) is 2.36. The summed E-state index contributed by atoms with van der Waals surface area (Å²) < 4.78 is 0. The van der Waals surface area contributed by atoms with E-state index in [2.05, 4.69) is 10.9 Å². The van der Waals surface area contributed by atoms with E-state index in [0.717, 1.165) is 11.1 Å². The van der Waals surface area contributed by atoms with Crippen molar-refractivity contribution in [3.8, 4) is 5.92 Å². The van der Waals surface area contributed by atoms with Gasteiger partial charge >= 0.3 is 0 Å². The van der Waals surface area contributed by atoms with E-state index in [9.17, 15) is 0 Å². The fraction of sp³-hybridized carbons (Fsp3) is 0.0833. The third kappa shape index (κ3) is 1.39. The predicted octanol–water partition coefficient (Wildman–Crippen LogP) is 2.37. The normalized spacial score (nSPS) is 9.77. The number of nitrogens with zero attached hydrogens (tertiary/aromatic N) is 1. The van der Waals surface area contributed by atoms with Gasteiger partial charge in [0.1, 0.15) is 0 Å². The lowest BCUT2D eigenvalue weighted by Gasteiger charge is -2.00. The molecule has 2 aromatic rings.